The molecule has 0 aliphatic carbocycles. The highest BCUT2D eigenvalue weighted by Gasteiger charge is 2.35. The molecule has 2 aromatic heterocycles. The van der Waals surface area contributed by atoms with Crippen molar-refractivity contribution in [3.8, 4) is 0 Å². The van der Waals surface area contributed by atoms with Gasteiger partial charge in [0.15, 0.2) is 0 Å². The average molecular weight is 261 g/mol. The van der Waals surface area contributed by atoms with Gasteiger partial charge in [0.2, 0.25) is 0 Å². The van der Waals surface area contributed by atoms with Crippen molar-refractivity contribution >= 4 is 21.6 Å². The molecule has 4 heteroatoms. The average Bonchev–Trinajstić information content (AvgIpc) is 2.84. The van der Waals surface area contributed by atoms with Gasteiger partial charge in [-0.3, -0.25) is 4.98 Å². The van der Waals surface area contributed by atoms with Crippen molar-refractivity contribution in [3.63, 3.8) is 0 Å². The normalized spacial score (nSPS) is 19.2. The van der Waals surface area contributed by atoms with E-state index in [-0.39, 0.29) is 0 Å². The highest BCUT2D eigenvalue weighted by molar-refractivity contribution is 7.18. The van der Waals surface area contributed by atoms with E-state index in [1.165, 1.54) is 35.4 Å². The van der Waals surface area contributed by atoms with Gasteiger partial charge in [0.25, 0.3) is 0 Å². The Labute approximate surface area is 112 Å². The van der Waals surface area contributed by atoms with Gasteiger partial charge in [0.05, 0.1) is 16.4 Å². The van der Waals surface area contributed by atoms with Crippen molar-refractivity contribution in [3.05, 3.63) is 23.5 Å². The van der Waals surface area contributed by atoms with E-state index in [1.54, 1.807) is 0 Å². The fourth-order valence-corrected chi connectivity index (χ4v) is 4.17. The van der Waals surface area contributed by atoms with Crippen molar-refractivity contribution in [2.24, 2.45) is 0 Å². The van der Waals surface area contributed by atoms with E-state index in [0.29, 0.717) is 5.41 Å². The summed E-state index contributed by atoms with van der Waals surface area (Å²) in [5, 5.41) is 4.79. The number of nitrogens with one attached hydrogen (secondary N) is 1. The first-order valence-corrected chi connectivity index (χ1v) is 7.57. The number of nitrogens with zero attached hydrogens (tertiary/aromatic N) is 2. The quantitative estimate of drug-likeness (QED) is 0.922. The lowest BCUT2D eigenvalue weighted by Gasteiger charge is -2.35. The third-order valence-electron chi connectivity index (χ3n) is 3.93. The third kappa shape index (κ3) is 2.04. The van der Waals surface area contributed by atoms with Crippen LogP contribution in [-0.2, 0) is 5.41 Å². The zero-order chi connectivity index (χ0) is 12.4. The van der Waals surface area contributed by atoms with Gasteiger partial charge in [-0.1, -0.05) is 13.3 Å². The number of thiazole rings is 1. The van der Waals surface area contributed by atoms with Gasteiger partial charge in [-0.2, -0.15) is 0 Å². The monoisotopic (exact) mass is 261 g/mol. The highest BCUT2D eigenvalue weighted by Crippen LogP contribution is 2.41. The number of hydrogen-bond donors (Lipinski definition) is 1. The van der Waals surface area contributed by atoms with Crippen LogP contribution in [0.25, 0.3) is 10.2 Å². The minimum atomic E-state index is 0.309. The molecule has 0 aromatic carbocycles. The maximum Gasteiger partial charge on any atom is 0.100 e. The zero-order valence-electron chi connectivity index (χ0n) is 10.8. The van der Waals surface area contributed by atoms with Gasteiger partial charge in [0.1, 0.15) is 5.01 Å². The van der Waals surface area contributed by atoms with Crippen LogP contribution >= 0.6 is 11.3 Å². The molecule has 0 unspecified atom stereocenters. The third-order valence-corrected chi connectivity index (χ3v) is 5.22. The molecule has 96 valence electrons. The second-order valence-electron chi connectivity index (χ2n) is 5.14. The molecular formula is C14H19N3S. The molecule has 3 rings (SSSR count). The molecule has 0 amide bonds. The molecular weight excluding hydrogens is 242 g/mol. The van der Waals surface area contributed by atoms with Crippen molar-refractivity contribution in [2.75, 3.05) is 13.1 Å². The fraction of sp³-hybridized carbons (Fsp3) is 0.571. The van der Waals surface area contributed by atoms with E-state index in [2.05, 4.69) is 23.3 Å². The topological polar surface area (TPSA) is 37.8 Å². The Balaban J connectivity index is 2.03. The van der Waals surface area contributed by atoms with E-state index in [1.807, 2.05) is 23.7 Å². The molecule has 1 saturated heterocycles. The Morgan fingerprint density at radius 2 is 2.22 bits per heavy atom. The number of rotatable bonds is 3. The van der Waals surface area contributed by atoms with Crippen LogP contribution < -0.4 is 5.32 Å². The molecule has 0 bridgehead atoms. The number of aromatic nitrogens is 2. The summed E-state index contributed by atoms with van der Waals surface area (Å²) in [7, 11) is 0. The number of fused-ring (bicyclic) bond motifs is 1. The van der Waals surface area contributed by atoms with Gasteiger partial charge < -0.3 is 5.32 Å². The summed E-state index contributed by atoms with van der Waals surface area (Å²) >= 11 is 1.86. The van der Waals surface area contributed by atoms with Gasteiger partial charge >= 0.3 is 0 Å². The molecule has 3 heterocycles. The van der Waals surface area contributed by atoms with Gasteiger partial charge in [-0.25, -0.2) is 4.98 Å². The van der Waals surface area contributed by atoms with Gasteiger partial charge in [-0.05, 0) is 38.4 Å². The fourth-order valence-electron chi connectivity index (χ4n) is 2.96. The molecule has 0 saturated carbocycles. The second-order valence-corrected chi connectivity index (χ2v) is 6.17. The first kappa shape index (κ1) is 12.1. The molecule has 1 N–H and O–H groups in total. The van der Waals surface area contributed by atoms with E-state index < -0.39 is 0 Å². The number of hydrogen-bond acceptors (Lipinski definition) is 4. The van der Waals surface area contributed by atoms with Gasteiger partial charge in [0, 0.05) is 11.6 Å². The maximum atomic E-state index is 4.86. The molecule has 1 aliphatic rings. The summed E-state index contributed by atoms with van der Waals surface area (Å²) in [6, 6.07) is 2.08. The van der Waals surface area contributed by atoms with Crippen LogP contribution in [0.3, 0.4) is 0 Å². The molecule has 0 radical (unpaired) electrons. The molecule has 1 fully saturated rings. The molecule has 3 nitrogen and oxygen atoms in total. The standard InChI is InChI=1S/C14H19N3S/c1-2-4-14(5-8-15-9-6-14)13-17-11-10-16-7-3-12(11)18-13/h3,7,10,15H,2,4-6,8-9H2,1H3. The van der Waals surface area contributed by atoms with Crippen LogP contribution in [0.5, 0.6) is 0 Å². The van der Waals surface area contributed by atoms with Crippen molar-refractivity contribution < 1.29 is 0 Å². The molecule has 1 aliphatic heterocycles. The summed E-state index contributed by atoms with van der Waals surface area (Å²) in [6.45, 7) is 4.51. The van der Waals surface area contributed by atoms with Crippen molar-refractivity contribution in [1.29, 1.82) is 0 Å². The van der Waals surface area contributed by atoms with Crippen molar-refractivity contribution in [2.45, 2.75) is 38.0 Å². The van der Waals surface area contributed by atoms with Crippen LogP contribution in [0.2, 0.25) is 0 Å². The zero-order valence-corrected chi connectivity index (χ0v) is 11.6. The Hall–Kier alpha value is -1.00. The van der Waals surface area contributed by atoms with E-state index in [9.17, 15) is 0 Å². The summed E-state index contributed by atoms with van der Waals surface area (Å²) in [5.74, 6) is 0. The molecule has 18 heavy (non-hydrogen) atoms. The highest BCUT2D eigenvalue weighted by atomic mass is 32.1. The summed E-state index contributed by atoms with van der Waals surface area (Å²) < 4.78 is 1.27. The Morgan fingerprint density at radius 1 is 1.39 bits per heavy atom. The number of piperidine rings is 1. The van der Waals surface area contributed by atoms with E-state index >= 15 is 0 Å². The van der Waals surface area contributed by atoms with Crippen LogP contribution in [0, 0.1) is 0 Å². The minimum Gasteiger partial charge on any atom is -0.317 e. The first-order valence-electron chi connectivity index (χ1n) is 6.76. The summed E-state index contributed by atoms with van der Waals surface area (Å²) in [5.41, 5.74) is 1.37. The van der Waals surface area contributed by atoms with Crippen LogP contribution in [-0.4, -0.2) is 23.1 Å². The van der Waals surface area contributed by atoms with Crippen LogP contribution in [0.1, 0.15) is 37.6 Å². The number of pyridine rings is 1. The maximum absolute atomic E-state index is 4.86. The minimum absolute atomic E-state index is 0.309. The lowest BCUT2D eigenvalue weighted by molar-refractivity contribution is 0.285. The van der Waals surface area contributed by atoms with Crippen molar-refractivity contribution in [1.82, 2.24) is 15.3 Å². The molecule has 0 spiro atoms. The lowest BCUT2D eigenvalue weighted by atomic mass is 9.76. The second kappa shape index (κ2) is 4.94. The van der Waals surface area contributed by atoms with E-state index in [0.717, 1.165) is 18.6 Å². The van der Waals surface area contributed by atoms with Gasteiger partial charge in [-0.15, -0.1) is 11.3 Å². The largest absolute Gasteiger partial charge is 0.317 e. The summed E-state index contributed by atoms with van der Waals surface area (Å²) in [6.07, 6.45) is 8.66. The smallest absolute Gasteiger partial charge is 0.100 e. The molecule has 0 atom stereocenters. The van der Waals surface area contributed by atoms with Crippen LogP contribution in [0.4, 0.5) is 0 Å². The lowest BCUT2D eigenvalue weighted by Crippen LogP contribution is -2.39. The Kier molecular flexibility index (Phi) is 3.31. The Morgan fingerprint density at radius 3 is 2.94 bits per heavy atom. The summed E-state index contributed by atoms with van der Waals surface area (Å²) in [4.78, 5) is 9.03. The first-order chi connectivity index (χ1) is 8.84. The van der Waals surface area contributed by atoms with E-state index in [4.69, 9.17) is 4.98 Å². The van der Waals surface area contributed by atoms with Crippen LogP contribution in [0.15, 0.2) is 18.5 Å². The molecule has 2 aromatic rings. The predicted molar refractivity (Wildman–Crippen MR) is 76.1 cm³/mol. The SMILES string of the molecule is CCCC1(c2nc3cnccc3s2)CCNCC1. The Bertz CT molecular complexity index is 490. The predicted octanol–water partition coefficient (Wildman–Crippen LogP) is 3.11.